The zero-order chi connectivity index (χ0) is 22.8. The molecule has 0 N–H and O–H groups in total. The molecule has 0 saturated carbocycles. The lowest BCUT2D eigenvalue weighted by Gasteiger charge is -2.07. The van der Waals surface area contributed by atoms with Crippen LogP contribution in [0.5, 0.6) is 0 Å². The Morgan fingerprint density at radius 3 is 2.52 bits per heavy atom. The number of aryl methyl sites for hydroxylation is 1. The third-order valence-electron chi connectivity index (χ3n) is 5.95. The van der Waals surface area contributed by atoms with E-state index in [0.29, 0.717) is 0 Å². The molecule has 0 spiro atoms. The molecule has 0 amide bonds. The van der Waals surface area contributed by atoms with Crippen LogP contribution in [0.3, 0.4) is 0 Å². The van der Waals surface area contributed by atoms with Gasteiger partial charge < -0.3 is 9.13 Å². The van der Waals surface area contributed by atoms with E-state index in [2.05, 4.69) is 38.4 Å². The molecule has 9 heteroatoms. The van der Waals surface area contributed by atoms with Crippen molar-refractivity contribution in [2.24, 2.45) is 4.99 Å². The van der Waals surface area contributed by atoms with E-state index in [0.717, 1.165) is 64.9 Å². The molecule has 4 aromatic rings. The average Bonchev–Trinajstić information content (AvgIpc) is 3.35. The van der Waals surface area contributed by atoms with Gasteiger partial charge in [-0.1, -0.05) is 6.42 Å². The summed E-state index contributed by atoms with van der Waals surface area (Å²) >= 11 is 1.56. The van der Waals surface area contributed by atoms with Gasteiger partial charge in [-0.2, -0.15) is 0 Å². The van der Waals surface area contributed by atoms with Crippen LogP contribution in [-0.4, -0.2) is 24.3 Å². The maximum Gasteiger partial charge on any atom is 0.269 e. The number of non-ortho nitro benzene ring substituents is 1. The molecule has 1 aliphatic heterocycles. The van der Waals surface area contributed by atoms with Crippen LogP contribution in [0, 0.1) is 10.1 Å². The molecule has 5 rings (SSSR count). The first kappa shape index (κ1) is 21.3. The summed E-state index contributed by atoms with van der Waals surface area (Å²) in [6, 6.07) is 14.8. The second kappa shape index (κ2) is 9.11. The molecule has 0 radical (unpaired) electrons. The summed E-state index contributed by atoms with van der Waals surface area (Å²) in [5, 5.41) is 21.8. The van der Waals surface area contributed by atoms with Crippen LogP contribution in [0.25, 0.3) is 22.6 Å². The van der Waals surface area contributed by atoms with Crippen molar-refractivity contribution >= 4 is 22.7 Å². The molecule has 0 fully saturated rings. The Morgan fingerprint density at radius 1 is 1.03 bits per heavy atom. The number of aromatic nitrogens is 4. The standard InChI is InChI=1S/C24H24N6O2S/c1-2-28-21(17-9-13-20(14-10-17)30(31)32)16-33-24(28)25-19-11-7-18(8-12-19)23-27-26-22-6-4-3-5-15-29(22)23/h7-14,16H,2-6,15H2,1H3. The van der Waals surface area contributed by atoms with E-state index in [-0.39, 0.29) is 10.6 Å². The predicted octanol–water partition coefficient (Wildman–Crippen LogP) is 5.36. The van der Waals surface area contributed by atoms with Crippen molar-refractivity contribution < 1.29 is 4.92 Å². The first-order valence-corrected chi connectivity index (χ1v) is 12.0. The number of nitro benzene ring substituents is 1. The number of hydrogen-bond acceptors (Lipinski definition) is 6. The number of hydrogen-bond donors (Lipinski definition) is 0. The van der Waals surface area contributed by atoms with E-state index in [9.17, 15) is 10.1 Å². The van der Waals surface area contributed by atoms with Gasteiger partial charge in [0, 0.05) is 42.6 Å². The second-order valence-corrected chi connectivity index (χ2v) is 8.85. The van der Waals surface area contributed by atoms with Crippen LogP contribution in [0.2, 0.25) is 0 Å². The van der Waals surface area contributed by atoms with Crippen LogP contribution < -0.4 is 4.80 Å². The number of nitrogens with zero attached hydrogens (tertiary/aromatic N) is 6. The SMILES string of the molecule is CCn1c(-c2ccc([N+](=O)[O-])cc2)csc1=Nc1ccc(-c2nnc3n2CCCCC3)cc1. The highest BCUT2D eigenvalue weighted by atomic mass is 32.1. The highest BCUT2D eigenvalue weighted by Gasteiger charge is 2.16. The van der Waals surface area contributed by atoms with E-state index >= 15 is 0 Å². The fourth-order valence-corrected chi connectivity index (χ4v) is 5.20. The van der Waals surface area contributed by atoms with Gasteiger partial charge in [0.25, 0.3) is 5.69 Å². The van der Waals surface area contributed by atoms with Crippen molar-refractivity contribution in [2.45, 2.75) is 45.7 Å². The fourth-order valence-electron chi connectivity index (χ4n) is 4.20. The van der Waals surface area contributed by atoms with Gasteiger partial charge in [0.05, 0.1) is 16.3 Å². The molecule has 0 atom stereocenters. The van der Waals surface area contributed by atoms with Crippen molar-refractivity contribution in [3.63, 3.8) is 0 Å². The highest BCUT2D eigenvalue weighted by Crippen LogP contribution is 2.26. The molecule has 168 valence electrons. The molecule has 2 aromatic heterocycles. The molecule has 3 heterocycles. The summed E-state index contributed by atoms with van der Waals surface area (Å²) in [5.74, 6) is 2.01. The maximum atomic E-state index is 10.9. The van der Waals surface area contributed by atoms with Crippen LogP contribution in [-0.2, 0) is 19.5 Å². The van der Waals surface area contributed by atoms with E-state index in [1.807, 2.05) is 17.5 Å². The molecule has 0 bridgehead atoms. The number of fused-ring (bicyclic) bond motifs is 1. The largest absolute Gasteiger partial charge is 0.317 e. The lowest BCUT2D eigenvalue weighted by atomic mass is 10.1. The molecule has 2 aromatic carbocycles. The van der Waals surface area contributed by atoms with Gasteiger partial charge >= 0.3 is 0 Å². The van der Waals surface area contributed by atoms with E-state index in [4.69, 9.17) is 4.99 Å². The quantitative estimate of drug-likeness (QED) is 0.296. The summed E-state index contributed by atoms with van der Waals surface area (Å²) in [6.45, 7) is 3.79. The third kappa shape index (κ3) is 4.23. The van der Waals surface area contributed by atoms with Crippen LogP contribution >= 0.6 is 11.3 Å². The molecule has 33 heavy (non-hydrogen) atoms. The Bertz CT molecular complexity index is 1350. The summed E-state index contributed by atoms with van der Waals surface area (Å²) in [4.78, 5) is 16.3. The number of benzene rings is 2. The molecule has 0 unspecified atom stereocenters. The van der Waals surface area contributed by atoms with Crippen molar-refractivity contribution in [2.75, 3.05) is 0 Å². The average molecular weight is 461 g/mol. The first-order chi connectivity index (χ1) is 16.1. The van der Waals surface area contributed by atoms with Crippen molar-refractivity contribution in [3.8, 4) is 22.6 Å². The normalized spacial score (nSPS) is 14.2. The Hall–Kier alpha value is -3.59. The van der Waals surface area contributed by atoms with Gasteiger partial charge in [-0.3, -0.25) is 10.1 Å². The summed E-state index contributed by atoms with van der Waals surface area (Å²) in [5.41, 5.74) is 3.94. The topological polar surface area (TPSA) is 91.1 Å². The molecule has 0 aliphatic carbocycles. The number of thiazole rings is 1. The summed E-state index contributed by atoms with van der Waals surface area (Å²) < 4.78 is 4.37. The fraction of sp³-hybridized carbons (Fsp3) is 0.292. The highest BCUT2D eigenvalue weighted by molar-refractivity contribution is 7.07. The zero-order valence-corrected chi connectivity index (χ0v) is 19.2. The third-order valence-corrected chi connectivity index (χ3v) is 6.81. The summed E-state index contributed by atoms with van der Waals surface area (Å²) in [7, 11) is 0. The Morgan fingerprint density at radius 2 is 1.79 bits per heavy atom. The second-order valence-electron chi connectivity index (χ2n) is 8.01. The molecule has 8 nitrogen and oxygen atoms in total. The van der Waals surface area contributed by atoms with Gasteiger partial charge in [-0.05, 0) is 61.7 Å². The Labute approximate surface area is 195 Å². The predicted molar refractivity (Wildman–Crippen MR) is 128 cm³/mol. The number of rotatable bonds is 5. The van der Waals surface area contributed by atoms with E-state index in [1.165, 1.54) is 25.0 Å². The maximum absolute atomic E-state index is 10.9. The minimum atomic E-state index is -0.382. The Balaban J connectivity index is 1.44. The Kier molecular flexibility index (Phi) is 5.87. The monoisotopic (exact) mass is 460 g/mol. The lowest BCUT2D eigenvalue weighted by Crippen LogP contribution is -2.14. The smallest absolute Gasteiger partial charge is 0.269 e. The van der Waals surface area contributed by atoms with Crippen molar-refractivity contribution in [1.29, 1.82) is 0 Å². The lowest BCUT2D eigenvalue weighted by molar-refractivity contribution is -0.384. The van der Waals surface area contributed by atoms with Crippen LogP contribution in [0.1, 0.15) is 32.0 Å². The molecule has 0 saturated heterocycles. The van der Waals surface area contributed by atoms with Crippen molar-refractivity contribution in [3.05, 3.63) is 74.7 Å². The van der Waals surface area contributed by atoms with Gasteiger partial charge in [-0.15, -0.1) is 21.5 Å². The van der Waals surface area contributed by atoms with E-state index < -0.39 is 0 Å². The molecular formula is C24H24N6O2S. The van der Waals surface area contributed by atoms with Gasteiger partial charge in [-0.25, -0.2) is 4.99 Å². The number of nitro groups is 1. The van der Waals surface area contributed by atoms with Crippen molar-refractivity contribution in [1.82, 2.24) is 19.3 Å². The van der Waals surface area contributed by atoms with Crippen LogP contribution in [0.4, 0.5) is 11.4 Å². The zero-order valence-electron chi connectivity index (χ0n) is 18.3. The molecular weight excluding hydrogens is 436 g/mol. The summed E-state index contributed by atoms with van der Waals surface area (Å²) in [6.07, 6.45) is 4.57. The van der Waals surface area contributed by atoms with Gasteiger partial charge in [0.15, 0.2) is 10.6 Å². The minimum Gasteiger partial charge on any atom is -0.317 e. The van der Waals surface area contributed by atoms with E-state index in [1.54, 1.807) is 23.5 Å². The van der Waals surface area contributed by atoms with Gasteiger partial charge in [0.1, 0.15) is 5.82 Å². The van der Waals surface area contributed by atoms with Gasteiger partial charge in [0.2, 0.25) is 0 Å². The minimum absolute atomic E-state index is 0.0894. The van der Waals surface area contributed by atoms with Crippen LogP contribution in [0.15, 0.2) is 58.9 Å². The first-order valence-electron chi connectivity index (χ1n) is 11.1. The molecule has 1 aliphatic rings.